The first kappa shape index (κ1) is 35.0. The molecule has 0 bridgehead atoms. The van der Waals surface area contributed by atoms with Gasteiger partial charge in [0.15, 0.2) is 5.78 Å². The quantitative estimate of drug-likeness (QED) is 0.0226. The average molecular weight is 612 g/mol. The zero-order valence-electron chi connectivity index (χ0n) is 26.3. The number of rotatable bonds is 21. The Labute approximate surface area is 267 Å². The highest BCUT2D eigenvalue weighted by atomic mass is 16.6. The highest BCUT2D eigenvalue weighted by Gasteiger charge is 2.08. The second-order valence-corrected chi connectivity index (χ2v) is 11.1. The molecule has 7 nitrogen and oxygen atoms in total. The van der Waals surface area contributed by atoms with Crippen molar-refractivity contribution in [3.8, 4) is 11.5 Å². The Kier molecular flexibility index (Phi) is 15.9. The lowest BCUT2D eigenvalue weighted by atomic mass is 10.1. The van der Waals surface area contributed by atoms with Crippen LogP contribution in [0.1, 0.15) is 105 Å². The van der Waals surface area contributed by atoms with E-state index in [0.717, 1.165) is 17.7 Å². The number of ketones is 1. The van der Waals surface area contributed by atoms with Crippen molar-refractivity contribution in [1.82, 2.24) is 0 Å². The SMILES string of the molecule is CCCCCCCCCCCCCCOc1ccc(/C=C/C(=O)Oc2cccc(/C=C/C(=O)c3ccc([N+](=O)[O-])cc3)c2)cc1. The Morgan fingerprint density at radius 1 is 0.689 bits per heavy atom. The fourth-order valence-corrected chi connectivity index (χ4v) is 4.82. The van der Waals surface area contributed by atoms with Gasteiger partial charge in [0.05, 0.1) is 11.5 Å². The van der Waals surface area contributed by atoms with Crippen LogP contribution in [0, 0.1) is 10.1 Å². The summed E-state index contributed by atoms with van der Waals surface area (Å²) in [5, 5.41) is 10.8. The molecule has 0 aromatic heterocycles. The van der Waals surface area contributed by atoms with E-state index < -0.39 is 10.9 Å². The number of esters is 1. The molecule has 0 aliphatic rings. The maximum Gasteiger partial charge on any atom is 0.336 e. The molecular weight excluding hydrogens is 566 g/mol. The van der Waals surface area contributed by atoms with E-state index in [-0.39, 0.29) is 11.5 Å². The van der Waals surface area contributed by atoms with Crippen LogP contribution in [0.25, 0.3) is 12.2 Å². The largest absolute Gasteiger partial charge is 0.494 e. The molecule has 7 heteroatoms. The minimum absolute atomic E-state index is 0.0784. The smallest absolute Gasteiger partial charge is 0.336 e. The summed E-state index contributed by atoms with van der Waals surface area (Å²) < 4.78 is 11.3. The number of ether oxygens (including phenoxy) is 2. The zero-order chi connectivity index (χ0) is 32.1. The molecule has 0 fully saturated rings. The molecule has 3 rings (SSSR count). The molecule has 0 amide bonds. The molecule has 238 valence electrons. The normalized spacial score (nSPS) is 11.2. The predicted octanol–water partition coefficient (Wildman–Crippen LogP) is 10.2. The third-order valence-corrected chi connectivity index (χ3v) is 7.42. The van der Waals surface area contributed by atoms with E-state index in [1.807, 2.05) is 24.3 Å². The summed E-state index contributed by atoms with van der Waals surface area (Å²) in [7, 11) is 0. The number of benzene rings is 3. The second kappa shape index (κ2) is 20.4. The van der Waals surface area contributed by atoms with Crippen LogP contribution < -0.4 is 9.47 Å². The van der Waals surface area contributed by atoms with E-state index >= 15 is 0 Å². The van der Waals surface area contributed by atoms with Gasteiger partial charge in [0.1, 0.15) is 11.5 Å². The van der Waals surface area contributed by atoms with Crippen LogP contribution in [-0.4, -0.2) is 23.3 Å². The summed E-state index contributed by atoms with van der Waals surface area (Å²) in [5.74, 6) is 0.340. The van der Waals surface area contributed by atoms with Crippen LogP contribution in [0.5, 0.6) is 11.5 Å². The van der Waals surface area contributed by atoms with Crippen molar-refractivity contribution in [3.05, 3.63) is 112 Å². The first-order valence-electron chi connectivity index (χ1n) is 16.1. The molecule has 0 unspecified atom stereocenters. The number of non-ortho nitro benzene ring substituents is 1. The number of carbonyl (C=O) groups excluding carboxylic acids is 2. The number of nitro benzene ring substituents is 1. The van der Waals surface area contributed by atoms with Crippen LogP contribution in [0.2, 0.25) is 0 Å². The first-order chi connectivity index (χ1) is 21.9. The van der Waals surface area contributed by atoms with Gasteiger partial charge in [-0.1, -0.05) is 108 Å². The van der Waals surface area contributed by atoms with Gasteiger partial charge < -0.3 is 9.47 Å². The molecule has 0 aliphatic heterocycles. The number of hydrogen-bond acceptors (Lipinski definition) is 6. The molecule has 0 atom stereocenters. The van der Waals surface area contributed by atoms with Gasteiger partial charge in [-0.3, -0.25) is 14.9 Å². The van der Waals surface area contributed by atoms with Crippen molar-refractivity contribution in [1.29, 1.82) is 0 Å². The van der Waals surface area contributed by atoms with E-state index in [0.29, 0.717) is 23.5 Å². The molecule has 3 aromatic rings. The maximum atomic E-state index is 12.4. The maximum absolute atomic E-state index is 12.4. The van der Waals surface area contributed by atoms with E-state index in [9.17, 15) is 19.7 Å². The lowest BCUT2D eigenvalue weighted by molar-refractivity contribution is -0.384. The van der Waals surface area contributed by atoms with Crippen molar-refractivity contribution in [3.63, 3.8) is 0 Å². The molecule has 45 heavy (non-hydrogen) atoms. The minimum atomic E-state index is -0.523. The van der Waals surface area contributed by atoms with Crippen molar-refractivity contribution < 1.29 is 24.0 Å². The van der Waals surface area contributed by atoms with Gasteiger partial charge >= 0.3 is 5.97 Å². The Morgan fingerprint density at radius 3 is 1.91 bits per heavy atom. The van der Waals surface area contributed by atoms with Crippen molar-refractivity contribution in [2.45, 2.75) is 84.0 Å². The summed E-state index contributed by atoms with van der Waals surface area (Å²) in [4.78, 5) is 35.1. The first-order valence-corrected chi connectivity index (χ1v) is 16.1. The summed E-state index contributed by atoms with van der Waals surface area (Å²) >= 11 is 0. The monoisotopic (exact) mass is 611 g/mol. The molecule has 0 saturated carbocycles. The standard InChI is InChI=1S/C38H45NO6/c1-2-3-4-5-6-7-8-9-10-11-12-13-29-44-35-25-17-31(18-26-35)20-28-38(41)45-36-16-14-15-32(30-36)19-27-37(40)33-21-23-34(24-22-33)39(42)43/h14-28,30H,2-13,29H2,1H3/b27-19+,28-20+. The Bertz CT molecular complexity index is 1390. The molecule has 0 spiro atoms. The number of hydrogen-bond donors (Lipinski definition) is 0. The molecular formula is C38H45NO6. The van der Waals surface area contributed by atoms with Crippen LogP contribution in [0.4, 0.5) is 5.69 Å². The van der Waals surface area contributed by atoms with Gasteiger partial charge in [0.2, 0.25) is 0 Å². The molecule has 0 saturated heterocycles. The summed E-state index contributed by atoms with van der Waals surface area (Å²) in [5.41, 5.74) is 1.78. The summed E-state index contributed by atoms with van der Waals surface area (Å²) in [6, 6.07) is 19.8. The third-order valence-electron chi connectivity index (χ3n) is 7.42. The fraction of sp³-hybridized carbons (Fsp3) is 0.368. The van der Waals surface area contributed by atoms with Crippen molar-refractivity contribution in [2.75, 3.05) is 6.61 Å². The van der Waals surface area contributed by atoms with Crippen LogP contribution in [0.3, 0.4) is 0 Å². The summed E-state index contributed by atoms with van der Waals surface area (Å²) in [6.45, 7) is 2.97. The average Bonchev–Trinajstić information content (AvgIpc) is 3.05. The molecule has 3 aromatic carbocycles. The molecule has 0 heterocycles. The fourth-order valence-electron chi connectivity index (χ4n) is 4.82. The van der Waals surface area contributed by atoms with Crippen LogP contribution >= 0.6 is 0 Å². The van der Waals surface area contributed by atoms with Crippen LogP contribution in [-0.2, 0) is 4.79 Å². The van der Waals surface area contributed by atoms with E-state index in [2.05, 4.69) is 6.92 Å². The molecule has 0 radical (unpaired) electrons. The van der Waals surface area contributed by atoms with E-state index in [1.165, 1.54) is 107 Å². The Hall–Kier alpha value is -4.52. The number of unbranched alkanes of at least 4 members (excludes halogenated alkanes) is 11. The third kappa shape index (κ3) is 14.2. The minimum Gasteiger partial charge on any atom is -0.494 e. The number of nitrogens with zero attached hydrogens (tertiary/aromatic N) is 1. The Balaban J connectivity index is 1.33. The lowest BCUT2D eigenvalue weighted by Crippen LogP contribution is -2.03. The zero-order valence-corrected chi connectivity index (χ0v) is 26.3. The van der Waals surface area contributed by atoms with E-state index in [1.54, 1.807) is 36.4 Å². The second-order valence-electron chi connectivity index (χ2n) is 11.1. The topological polar surface area (TPSA) is 95.7 Å². The van der Waals surface area contributed by atoms with Crippen molar-refractivity contribution in [2.24, 2.45) is 0 Å². The summed E-state index contributed by atoms with van der Waals surface area (Å²) in [6.07, 6.45) is 21.8. The van der Waals surface area contributed by atoms with Gasteiger partial charge in [-0.15, -0.1) is 0 Å². The van der Waals surface area contributed by atoms with Gasteiger partial charge in [0, 0.05) is 23.8 Å². The van der Waals surface area contributed by atoms with Gasteiger partial charge in [-0.25, -0.2) is 4.79 Å². The highest BCUT2D eigenvalue weighted by molar-refractivity contribution is 6.06. The van der Waals surface area contributed by atoms with Crippen LogP contribution in [0.15, 0.2) is 84.9 Å². The van der Waals surface area contributed by atoms with Crippen molar-refractivity contribution >= 4 is 29.6 Å². The molecule has 0 N–H and O–H groups in total. The van der Waals surface area contributed by atoms with Gasteiger partial charge in [-0.2, -0.15) is 0 Å². The highest BCUT2D eigenvalue weighted by Crippen LogP contribution is 2.18. The number of allylic oxidation sites excluding steroid dienone is 1. The lowest BCUT2D eigenvalue weighted by Gasteiger charge is -2.07. The Morgan fingerprint density at radius 2 is 1.29 bits per heavy atom. The van der Waals surface area contributed by atoms with Gasteiger partial charge in [-0.05, 0) is 66.1 Å². The number of carbonyl (C=O) groups is 2. The van der Waals surface area contributed by atoms with Gasteiger partial charge in [0.25, 0.3) is 5.69 Å². The predicted molar refractivity (Wildman–Crippen MR) is 181 cm³/mol. The van der Waals surface area contributed by atoms with E-state index in [4.69, 9.17) is 9.47 Å². The number of nitro groups is 1. The molecule has 0 aliphatic carbocycles.